The molecule has 0 fully saturated rings. The van der Waals surface area contributed by atoms with Crippen LogP contribution in [0.3, 0.4) is 0 Å². The number of halogens is 2. The molecular weight excluding hydrogens is 143 g/mol. The molecule has 0 spiro atoms. The monoisotopic (exact) mass is 152 g/mol. The maximum Gasteiger partial charge on any atom is 0.0651 e. The molecule has 2 heteroatoms. The minimum atomic E-state index is 0.0108. The van der Waals surface area contributed by atoms with Crippen LogP contribution in [-0.2, 0) is 0 Å². The summed E-state index contributed by atoms with van der Waals surface area (Å²) in [7, 11) is 0. The van der Waals surface area contributed by atoms with Crippen molar-refractivity contribution in [3.63, 3.8) is 0 Å². The molecule has 48 valence electrons. The fourth-order valence-electron chi connectivity index (χ4n) is 0.335. The van der Waals surface area contributed by atoms with E-state index in [2.05, 4.69) is 6.92 Å². The lowest BCUT2D eigenvalue weighted by molar-refractivity contribution is 1.16. The first-order chi connectivity index (χ1) is 3.81. The topological polar surface area (TPSA) is 0 Å². The average molecular weight is 153 g/mol. The lowest BCUT2D eigenvalue weighted by Gasteiger charge is -1.92. The molecule has 0 aliphatic heterocycles. The van der Waals surface area contributed by atoms with Gasteiger partial charge in [-0.15, -0.1) is 23.2 Å². The Labute approximate surface area is 60.5 Å². The number of alkyl halides is 2. The largest absolute Gasteiger partial charge is 0.125 e. The summed E-state index contributed by atoms with van der Waals surface area (Å²) >= 11 is 11.0. The second-order valence-electron chi connectivity index (χ2n) is 1.51. The van der Waals surface area contributed by atoms with Gasteiger partial charge in [0.15, 0.2) is 0 Å². The van der Waals surface area contributed by atoms with Crippen LogP contribution in [0, 0.1) is 0 Å². The van der Waals surface area contributed by atoms with E-state index in [1.165, 1.54) is 0 Å². The Hall–Kier alpha value is 0.320. The molecule has 0 nitrogen and oxygen atoms in total. The summed E-state index contributed by atoms with van der Waals surface area (Å²) in [5.74, 6) is 0.498. The molecule has 0 aromatic rings. The Bertz CT molecular complexity index is 68.9. The van der Waals surface area contributed by atoms with E-state index in [0.717, 1.165) is 6.42 Å². The van der Waals surface area contributed by atoms with Gasteiger partial charge < -0.3 is 0 Å². The van der Waals surface area contributed by atoms with E-state index < -0.39 is 0 Å². The SMILES string of the molecule is CC/C=C\C(Cl)CCl. The molecule has 0 saturated carbocycles. The predicted octanol–water partition coefficient (Wildman–Crippen LogP) is 2.80. The van der Waals surface area contributed by atoms with E-state index in [0.29, 0.717) is 5.88 Å². The highest BCUT2D eigenvalue weighted by Crippen LogP contribution is 2.00. The highest BCUT2D eigenvalue weighted by atomic mass is 35.5. The van der Waals surface area contributed by atoms with Crippen molar-refractivity contribution in [2.75, 3.05) is 5.88 Å². The van der Waals surface area contributed by atoms with Crippen molar-refractivity contribution >= 4 is 23.2 Å². The van der Waals surface area contributed by atoms with Crippen LogP contribution < -0.4 is 0 Å². The molecule has 0 amide bonds. The van der Waals surface area contributed by atoms with Gasteiger partial charge >= 0.3 is 0 Å². The zero-order valence-electron chi connectivity index (χ0n) is 4.90. The van der Waals surface area contributed by atoms with Gasteiger partial charge in [0, 0.05) is 5.88 Å². The maximum atomic E-state index is 5.63. The van der Waals surface area contributed by atoms with Crippen molar-refractivity contribution in [2.45, 2.75) is 18.7 Å². The zero-order valence-corrected chi connectivity index (χ0v) is 6.41. The van der Waals surface area contributed by atoms with Gasteiger partial charge in [0.1, 0.15) is 0 Å². The summed E-state index contributed by atoms with van der Waals surface area (Å²) in [5, 5.41) is 0.0108. The van der Waals surface area contributed by atoms with Crippen LogP contribution in [0.5, 0.6) is 0 Å². The van der Waals surface area contributed by atoms with E-state index in [4.69, 9.17) is 23.2 Å². The summed E-state index contributed by atoms with van der Waals surface area (Å²) in [4.78, 5) is 0. The molecule has 0 N–H and O–H groups in total. The van der Waals surface area contributed by atoms with Crippen molar-refractivity contribution in [1.29, 1.82) is 0 Å². The first kappa shape index (κ1) is 8.32. The first-order valence-electron chi connectivity index (χ1n) is 2.68. The molecule has 1 atom stereocenters. The molecule has 0 bridgehead atoms. The average Bonchev–Trinajstić information content (AvgIpc) is 1.83. The fraction of sp³-hybridized carbons (Fsp3) is 0.667. The maximum absolute atomic E-state index is 5.63. The van der Waals surface area contributed by atoms with Crippen LogP contribution in [0.1, 0.15) is 13.3 Å². The van der Waals surface area contributed by atoms with Crippen LogP contribution in [0.2, 0.25) is 0 Å². The summed E-state index contributed by atoms with van der Waals surface area (Å²) in [6.45, 7) is 2.06. The van der Waals surface area contributed by atoms with Crippen molar-refractivity contribution < 1.29 is 0 Å². The smallest absolute Gasteiger partial charge is 0.0651 e. The molecule has 0 rings (SSSR count). The van der Waals surface area contributed by atoms with Gasteiger partial charge in [0.2, 0.25) is 0 Å². The minimum Gasteiger partial charge on any atom is -0.125 e. The van der Waals surface area contributed by atoms with Crippen molar-refractivity contribution in [3.8, 4) is 0 Å². The van der Waals surface area contributed by atoms with Crippen LogP contribution in [0.15, 0.2) is 12.2 Å². The predicted molar refractivity (Wildman–Crippen MR) is 39.8 cm³/mol. The Morgan fingerprint density at radius 1 is 1.62 bits per heavy atom. The summed E-state index contributed by atoms with van der Waals surface area (Å²) < 4.78 is 0. The van der Waals surface area contributed by atoms with Gasteiger partial charge in [0.25, 0.3) is 0 Å². The Kier molecular flexibility index (Phi) is 5.67. The van der Waals surface area contributed by atoms with Crippen LogP contribution in [0.25, 0.3) is 0 Å². The second kappa shape index (κ2) is 5.46. The number of allylic oxidation sites excluding steroid dienone is 2. The quantitative estimate of drug-likeness (QED) is 0.432. The lowest BCUT2D eigenvalue weighted by atomic mass is 10.3. The van der Waals surface area contributed by atoms with Crippen molar-refractivity contribution in [3.05, 3.63) is 12.2 Å². The second-order valence-corrected chi connectivity index (χ2v) is 2.38. The van der Waals surface area contributed by atoms with Crippen molar-refractivity contribution in [1.82, 2.24) is 0 Å². The van der Waals surface area contributed by atoms with Gasteiger partial charge in [-0.25, -0.2) is 0 Å². The highest BCUT2D eigenvalue weighted by Gasteiger charge is 1.91. The molecule has 1 unspecified atom stereocenters. The van der Waals surface area contributed by atoms with Gasteiger partial charge in [-0.1, -0.05) is 19.1 Å². The standard InChI is InChI=1S/C6H10Cl2/c1-2-3-4-6(8)5-7/h3-4,6H,2,5H2,1H3/b4-3-. The van der Waals surface area contributed by atoms with E-state index >= 15 is 0 Å². The normalized spacial score (nSPS) is 14.9. The summed E-state index contributed by atoms with van der Waals surface area (Å²) in [5.41, 5.74) is 0. The van der Waals surface area contributed by atoms with Gasteiger partial charge in [-0.2, -0.15) is 0 Å². The fourth-order valence-corrected chi connectivity index (χ4v) is 0.541. The van der Waals surface area contributed by atoms with E-state index in [9.17, 15) is 0 Å². The number of hydrogen-bond donors (Lipinski definition) is 0. The first-order valence-corrected chi connectivity index (χ1v) is 3.65. The summed E-state index contributed by atoms with van der Waals surface area (Å²) in [6.07, 6.45) is 4.95. The van der Waals surface area contributed by atoms with E-state index in [1.807, 2.05) is 12.2 Å². The van der Waals surface area contributed by atoms with Crippen molar-refractivity contribution in [2.24, 2.45) is 0 Å². The number of rotatable bonds is 3. The third kappa shape index (κ3) is 4.48. The third-order valence-electron chi connectivity index (χ3n) is 0.728. The third-order valence-corrected chi connectivity index (χ3v) is 1.52. The Morgan fingerprint density at radius 2 is 2.25 bits per heavy atom. The molecule has 0 aromatic heterocycles. The lowest BCUT2D eigenvalue weighted by Crippen LogP contribution is -1.92. The summed E-state index contributed by atoms with van der Waals surface area (Å²) in [6, 6.07) is 0. The molecule has 0 aromatic carbocycles. The molecular formula is C6H10Cl2. The van der Waals surface area contributed by atoms with Gasteiger partial charge in [0.05, 0.1) is 5.38 Å². The molecule has 8 heavy (non-hydrogen) atoms. The molecule has 0 aliphatic rings. The highest BCUT2D eigenvalue weighted by molar-refractivity contribution is 6.28. The number of hydrogen-bond acceptors (Lipinski definition) is 0. The Balaban J connectivity index is 3.21. The van der Waals surface area contributed by atoms with Gasteiger partial charge in [-0.3, -0.25) is 0 Å². The van der Waals surface area contributed by atoms with Crippen LogP contribution >= 0.6 is 23.2 Å². The zero-order chi connectivity index (χ0) is 6.41. The molecule has 0 radical (unpaired) electrons. The van der Waals surface area contributed by atoms with Gasteiger partial charge in [-0.05, 0) is 6.42 Å². The molecule has 0 saturated heterocycles. The minimum absolute atomic E-state index is 0.0108. The van der Waals surface area contributed by atoms with Crippen LogP contribution in [0.4, 0.5) is 0 Å². The van der Waals surface area contributed by atoms with E-state index in [1.54, 1.807) is 0 Å². The van der Waals surface area contributed by atoms with Crippen LogP contribution in [-0.4, -0.2) is 11.3 Å². The molecule has 0 heterocycles. The Morgan fingerprint density at radius 3 is 2.62 bits per heavy atom. The molecule has 0 aliphatic carbocycles. The van der Waals surface area contributed by atoms with E-state index in [-0.39, 0.29) is 5.38 Å².